The van der Waals surface area contributed by atoms with Gasteiger partial charge < -0.3 is 30.6 Å². The molecular formula is C32H40O10S2. The van der Waals surface area contributed by atoms with Crippen molar-refractivity contribution >= 4 is 19.7 Å². The Morgan fingerprint density at radius 1 is 0.455 bits per heavy atom. The van der Waals surface area contributed by atoms with Gasteiger partial charge in [-0.25, -0.2) is 16.8 Å². The fourth-order valence-electron chi connectivity index (χ4n) is 10.4. The van der Waals surface area contributed by atoms with E-state index in [-0.39, 0.29) is 25.7 Å². The third kappa shape index (κ3) is 2.58. The molecule has 0 aliphatic heterocycles. The lowest BCUT2D eigenvalue weighted by Gasteiger charge is -2.52. The quantitative estimate of drug-likeness (QED) is 0.285. The van der Waals surface area contributed by atoms with E-state index in [1.54, 1.807) is 13.8 Å². The minimum Gasteiger partial charge on any atom is -0.383 e. The smallest absolute Gasteiger partial charge is 0.250 e. The standard InChI is InChI=1S/C32H40O10S2/c1-21-9-13-23(14-10-21)43(39,40)31(37)29(35)25(17-5-3-6-18-25)27(29,33)28(34)26(19-7-4-8-20-26)30(28,36)32(31,38)44(41,42)24-15-11-22(2)12-16-24/h9-16,33-38H,3-8,17-20H2,1-2H3. The number of fused-ring (bicyclic) bond motifs is 7. The molecule has 5 fully saturated rings. The van der Waals surface area contributed by atoms with Crippen LogP contribution in [0.5, 0.6) is 0 Å². The van der Waals surface area contributed by atoms with Gasteiger partial charge in [0.2, 0.25) is 29.5 Å². The lowest BCUT2D eigenvalue weighted by molar-refractivity contribution is -0.254. The normalized spacial score (nSPS) is 42.0. The van der Waals surface area contributed by atoms with Gasteiger partial charge in [0.1, 0.15) is 11.2 Å². The van der Waals surface area contributed by atoms with Gasteiger partial charge in [0.05, 0.1) is 9.79 Å². The van der Waals surface area contributed by atoms with E-state index in [9.17, 15) is 47.5 Å². The first-order valence-corrected chi connectivity index (χ1v) is 18.3. The van der Waals surface area contributed by atoms with Crippen molar-refractivity contribution in [1.29, 1.82) is 0 Å². The summed E-state index contributed by atoms with van der Waals surface area (Å²) < 4.78 is 59.7. The van der Waals surface area contributed by atoms with Crippen LogP contribution < -0.4 is 0 Å². The van der Waals surface area contributed by atoms with Crippen molar-refractivity contribution in [2.45, 2.75) is 120 Å². The topological polar surface area (TPSA) is 190 Å². The van der Waals surface area contributed by atoms with E-state index in [1.165, 1.54) is 24.3 Å². The summed E-state index contributed by atoms with van der Waals surface area (Å²) >= 11 is 0. The average Bonchev–Trinajstić information content (AvgIpc) is 3.64. The third-order valence-electron chi connectivity index (χ3n) is 12.5. The number of aryl methyl sites for hydroxylation is 2. The monoisotopic (exact) mass is 648 g/mol. The number of hydrogen-bond donors (Lipinski definition) is 6. The second kappa shape index (κ2) is 8.51. The van der Waals surface area contributed by atoms with Gasteiger partial charge in [0.25, 0.3) is 0 Å². The molecule has 5 aliphatic rings. The molecule has 6 unspecified atom stereocenters. The van der Waals surface area contributed by atoms with E-state index in [0.717, 1.165) is 24.3 Å². The number of aliphatic hydroxyl groups is 6. The van der Waals surface area contributed by atoms with E-state index in [1.807, 2.05) is 0 Å². The molecule has 12 heteroatoms. The molecule has 0 aromatic heterocycles. The first-order valence-electron chi connectivity index (χ1n) is 15.4. The minimum absolute atomic E-state index is 0.0686. The summed E-state index contributed by atoms with van der Waals surface area (Å²) in [6, 6.07) is 10.1. The van der Waals surface area contributed by atoms with Crippen LogP contribution in [0.2, 0.25) is 0 Å². The van der Waals surface area contributed by atoms with Crippen LogP contribution in [0.4, 0.5) is 0 Å². The highest BCUT2D eigenvalue weighted by atomic mass is 32.2. The predicted octanol–water partition coefficient (Wildman–Crippen LogP) is 1.79. The second-order valence-electron chi connectivity index (χ2n) is 14.0. The number of rotatable bonds is 4. The summed E-state index contributed by atoms with van der Waals surface area (Å²) in [4.78, 5) is -9.49. The first kappa shape index (κ1) is 30.7. The van der Waals surface area contributed by atoms with Gasteiger partial charge in [-0.15, -0.1) is 0 Å². The molecule has 0 saturated heterocycles. The van der Waals surface area contributed by atoms with Crippen LogP contribution in [0.1, 0.15) is 75.3 Å². The predicted molar refractivity (Wildman–Crippen MR) is 157 cm³/mol. The van der Waals surface area contributed by atoms with Gasteiger partial charge in [-0.3, -0.25) is 0 Å². The maximum absolute atomic E-state index is 14.9. The van der Waals surface area contributed by atoms with Crippen LogP contribution in [0, 0.1) is 24.7 Å². The van der Waals surface area contributed by atoms with E-state index < -0.39 is 72.6 Å². The molecule has 5 saturated carbocycles. The van der Waals surface area contributed by atoms with E-state index >= 15 is 0 Å². The van der Waals surface area contributed by atoms with Gasteiger partial charge in [0.15, 0.2) is 11.2 Å². The zero-order valence-corrected chi connectivity index (χ0v) is 26.5. The van der Waals surface area contributed by atoms with Gasteiger partial charge in [-0.1, -0.05) is 73.9 Å². The number of benzene rings is 2. The van der Waals surface area contributed by atoms with Crippen LogP contribution in [0.3, 0.4) is 0 Å². The lowest BCUT2D eigenvalue weighted by atomic mass is 9.76. The van der Waals surface area contributed by atoms with Crippen LogP contribution in [0.25, 0.3) is 0 Å². The third-order valence-corrected chi connectivity index (χ3v) is 17.2. The first-order chi connectivity index (χ1) is 20.4. The zero-order valence-electron chi connectivity index (χ0n) is 24.8. The van der Waals surface area contributed by atoms with Crippen molar-refractivity contribution in [3.8, 4) is 0 Å². The molecule has 7 rings (SSSR count). The van der Waals surface area contributed by atoms with Gasteiger partial charge >= 0.3 is 0 Å². The van der Waals surface area contributed by atoms with Gasteiger partial charge in [-0.2, -0.15) is 0 Å². The van der Waals surface area contributed by atoms with Crippen molar-refractivity contribution in [1.82, 2.24) is 0 Å². The Balaban J connectivity index is 1.65. The van der Waals surface area contributed by atoms with Crippen LogP contribution in [0.15, 0.2) is 58.3 Å². The lowest BCUT2D eigenvalue weighted by Crippen LogP contribution is -2.82. The zero-order chi connectivity index (χ0) is 32.0. The molecule has 10 nitrogen and oxygen atoms in total. The molecule has 6 N–H and O–H groups in total. The Hall–Kier alpha value is -1.90. The molecule has 240 valence electrons. The summed E-state index contributed by atoms with van der Waals surface area (Å²) in [6.07, 6.45) is 2.51. The summed E-state index contributed by atoms with van der Waals surface area (Å²) in [5.41, 5.74) is -14.9. The Morgan fingerprint density at radius 3 is 1.00 bits per heavy atom. The average molecular weight is 649 g/mol. The summed E-state index contributed by atoms with van der Waals surface area (Å²) in [7, 11) is -11.1. The SMILES string of the molecule is Cc1ccc(S(=O)(=O)C2(O)C3(O)C4(CCCCC4)C3(O)C3(O)C4(CCCCC4)C3(O)C2(O)S(=O)(=O)c2ccc(C)cc2)cc1. The molecule has 0 amide bonds. The largest absolute Gasteiger partial charge is 0.383 e. The molecular weight excluding hydrogens is 608 g/mol. The van der Waals surface area contributed by atoms with Crippen LogP contribution >= 0.6 is 0 Å². The molecule has 5 aliphatic carbocycles. The van der Waals surface area contributed by atoms with Crippen molar-refractivity contribution in [3.63, 3.8) is 0 Å². The maximum Gasteiger partial charge on any atom is 0.250 e. The number of hydrogen-bond acceptors (Lipinski definition) is 10. The van der Waals surface area contributed by atoms with Gasteiger partial charge in [0, 0.05) is 10.8 Å². The van der Waals surface area contributed by atoms with Crippen molar-refractivity contribution in [2.75, 3.05) is 0 Å². The fourth-order valence-corrected chi connectivity index (χ4v) is 15.3. The minimum atomic E-state index is -5.55. The molecule has 6 atom stereocenters. The Bertz CT molecular complexity index is 1630. The van der Waals surface area contributed by atoms with E-state index in [0.29, 0.717) is 49.7 Å². The molecule has 2 spiro atoms. The summed E-state index contributed by atoms with van der Waals surface area (Å²) in [6.45, 7) is 3.38. The Morgan fingerprint density at radius 2 is 0.727 bits per heavy atom. The van der Waals surface area contributed by atoms with Crippen molar-refractivity contribution in [2.24, 2.45) is 10.8 Å². The maximum atomic E-state index is 14.9. The van der Waals surface area contributed by atoms with Crippen LogP contribution in [-0.4, -0.2) is 79.7 Å². The fraction of sp³-hybridized carbons (Fsp3) is 0.625. The number of sulfone groups is 2. The highest BCUT2D eigenvalue weighted by Gasteiger charge is 3.19. The molecule has 0 bridgehead atoms. The second-order valence-corrected chi connectivity index (χ2v) is 18.2. The van der Waals surface area contributed by atoms with Crippen LogP contribution in [-0.2, 0) is 19.7 Å². The molecule has 2 aromatic rings. The summed E-state index contributed by atoms with van der Waals surface area (Å²) in [5.74, 6) is 0. The summed E-state index contributed by atoms with van der Waals surface area (Å²) in [5, 5.41) is 77.3. The van der Waals surface area contributed by atoms with Crippen molar-refractivity contribution < 1.29 is 47.5 Å². The highest BCUT2D eigenvalue weighted by molar-refractivity contribution is 7.97. The molecule has 2 aromatic carbocycles. The highest BCUT2D eigenvalue weighted by Crippen LogP contribution is 2.96. The van der Waals surface area contributed by atoms with E-state index in [4.69, 9.17) is 0 Å². The Kier molecular flexibility index (Phi) is 5.95. The Labute approximate surface area is 257 Å². The van der Waals surface area contributed by atoms with Gasteiger partial charge in [-0.05, 0) is 63.8 Å². The molecule has 44 heavy (non-hydrogen) atoms. The molecule has 0 radical (unpaired) electrons. The van der Waals surface area contributed by atoms with Crippen molar-refractivity contribution in [3.05, 3.63) is 59.7 Å². The van der Waals surface area contributed by atoms with E-state index in [2.05, 4.69) is 0 Å². The molecule has 0 heterocycles.